The SMILES string of the molecule is CN=C(NCc1cnc(CC(C)C)s1)N1CCOC(c2cnn(C)c2)C1.I. The smallest absolute Gasteiger partial charge is 0.194 e. The fourth-order valence-electron chi connectivity index (χ4n) is 3.02. The predicted molar refractivity (Wildman–Crippen MR) is 120 cm³/mol. The van der Waals surface area contributed by atoms with Crippen LogP contribution in [-0.4, -0.2) is 52.4 Å². The number of hydrogen-bond donors (Lipinski definition) is 1. The lowest BCUT2D eigenvalue weighted by Crippen LogP contribution is -2.47. The molecule has 9 heteroatoms. The molecule has 150 valence electrons. The van der Waals surface area contributed by atoms with Gasteiger partial charge in [0.25, 0.3) is 0 Å². The number of aryl methyl sites for hydroxylation is 1. The summed E-state index contributed by atoms with van der Waals surface area (Å²) in [6.45, 7) is 7.47. The molecule has 0 saturated carbocycles. The zero-order chi connectivity index (χ0) is 18.5. The highest BCUT2D eigenvalue weighted by Crippen LogP contribution is 2.22. The molecule has 0 spiro atoms. The van der Waals surface area contributed by atoms with Crippen molar-refractivity contribution in [2.24, 2.45) is 18.0 Å². The molecular weight excluding hydrogens is 475 g/mol. The van der Waals surface area contributed by atoms with Crippen LogP contribution in [0.2, 0.25) is 0 Å². The minimum atomic E-state index is 0. The first-order valence-corrected chi connectivity index (χ1v) is 9.86. The van der Waals surface area contributed by atoms with Gasteiger partial charge in [-0.3, -0.25) is 9.67 Å². The summed E-state index contributed by atoms with van der Waals surface area (Å²) in [6, 6.07) is 0. The van der Waals surface area contributed by atoms with Crippen LogP contribution in [0, 0.1) is 5.92 Å². The highest BCUT2D eigenvalue weighted by molar-refractivity contribution is 14.0. The minimum absolute atomic E-state index is 0. The number of guanidine groups is 1. The lowest BCUT2D eigenvalue weighted by molar-refractivity contribution is -0.00804. The second kappa shape index (κ2) is 10.4. The molecule has 0 aliphatic carbocycles. The molecule has 1 fully saturated rings. The van der Waals surface area contributed by atoms with Gasteiger partial charge in [0.15, 0.2) is 5.96 Å². The van der Waals surface area contributed by atoms with E-state index in [1.807, 2.05) is 37.4 Å². The van der Waals surface area contributed by atoms with E-state index in [2.05, 4.69) is 39.1 Å². The monoisotopic (exact) mass is 504 g/mol. The zero-order valence-electron chi connectivity index (χ0n) is 16.4. The molecule has 2 aromatic rings. The van der Waals surface area contributed by atoms with E-state index in [0.717, 1.165) is 37.6 Å². The third kappa shape index (κ3) is 6.15. The number of thiazole rings is 1. The van der Waals surface area contributed by atoms with Gasteiger partial charge in [-0.25, -0.2) is 4.98 Å². The summed E-state index contributed by atoms with van der Waals surface area (Å²) in [5.41, 5.74) is 1.11. The van der Waals surface area contributed by atoms with Crippen molar-refractivity contribution in [3.63, 3.8) is 0 Å². The molecule has 0 aromatic carbocycles. The number of halogens is 1. The fourth-order valence-corrected chi connectivity index (χ4v) is 4.10. The van der Waals surface area contributed by atoms with Crippen molar-refractivity contribution in [2.45, 2.75) is 32.9 Å². The molecule has 2 aromatic heterocycles. The van der Waals surface area contributed by atoms with Crippen LogP contribution >= 0.6 is 35.3 Å². The van der Waals surface area contributed by atoms with Crippen LogP contribution in [0.3, 0.4) is 0 Å². The van der Waals surface area contributed by atoms with E-state index in [-0.39, 0.29) is 30.1 Å². The first-order chi connectivity index (χ1) is 12.5. The average Bonchev–Trinajstić information content (AvgIpc) is 3.24. The first-order valence-electron chi connectivity index (χ1n) is 9.04. The predicted octanol–water partition coefficient (Wildman–Crippen LogP) is 2.84. The maximum atomic E-state index is 5.92. The number of nitrogens with one attached hydrogen (secondary N) is 1. The molecule has 27 heavy (non-hydrogen) atoms. The molecule has 0 radical (unpaired) electrons. The van der Waals surface area contributed by atoms with Gasteiger partial charge in [-0.05, 0) is 5.92 Å². The summed E-state index contributed by atoms with van der Waals surface area (Å²) >= 11 is 1.78. The van der Waals surface area contributed by atoms with Crippen molar-refractivity contribution < 1.29 is 4.74 Å². The van der Waals surface area contributed by atoms with E-state index < -0.39 is 0 Å². The van der Waals surface area contributed by atoms with Gasteiger partial charge in [0.1, 0.15) is 6.10 Å². The Morgan fingerprint density at radius 1 is 1.44 bits per heavy atom. The molecule has 3 rings (SSSR count). The molecule has 1 aliphatic heterocycles. The molecule has 0 amide bonds. The topological polar surface area (TPSA) is 67.6 Å². The van der Waals surface area contributed by atoms with Gasteiger partial charge in [0.2, 0.25) is 0 Å². The Morgan fingerprint density at radius 2 is 2.26 bits per heavy atom. The molecule has 1 unspecified atom stereocenters. The standard InChI is InChI=1S/C18H28N6OS.HI/c1-13(2)7-17-20-9-15(26-17)10-21-18(19-3)24-5-6-25-16(12-24)14-8-22-23(4)11-14;/h8-9,11,13,16H,5-7,10,12H2,1-4H3,(H,19,21);1H. The molecule has 1 atom stereocenters. The molecular formula is C18H29IN6OS. The zero-order valence-corrected chi connectivity index (χ0v) is 19.5. The van der Waals surface area contributed by atoms with Crippen molar-refractivity contribution in [1.29, 1.82) is 0 Å². The summed E-state index contributed by atoms with van der Waals surface area (Å²) in [5, 5.41) is 8.92. The van der Waals surface area contributed by atoms with E-state index >= 15 is 0 Å². The van der Waals surface area contributed by atoms with Crippen LogP contribution in [-0.2, 0) is 24.8 Å². The van der Waals surface area contributed by atoms with Gasteiger partial charge in [-0.2, -0.15) is 5.10 Å². The minimum Gasteiger partial charge on any atom is -0.370 e. The largest absolute Gasteiger partial charge is 0.370 e. The highest BCUT2D eigenvalue weighted by atomic mass is 127. The third-order valence-electron chi connectivity index (χ3n) is 4.28. The molecule has 1 saturated heterocycles. The van der Waals surface area contributed by atoms with Crippen LogP contribution in [0.1, 0.15) is 35.4 Å². The van der Waals surface area contributed by atoms with Gasteiger partial charge in [0.05, 0.1) is 30.9 Å². The Bertz CT molecular complexity index is 744. The van der Waals surface area contributed by atoms with Crippen LogP contribution in [0.25, 0.3) is 0 Å². The molecule has 0 bridgehead atoms. The molecule has 1 aliphatic rings. The number of aromatic nitrogens is 3. The Hall–Kier alpha value is -1.20. The van der Waals surface area contributed by atoms with Crippen LogP contribution < -0.4 is 5.32 Å². The van der Waals surface area contributed by atoms with Crippen LogP contribution in [0.15, 0.2) is 23.6 Å². The molecule has 1 N–H and O–H groups in total. The fraction of sp³-hybridized carbons (Fsp3) is 0.611. The Balaban J connectivity index is 0.00000261. The van der Waals surface area contributed by atoms with Gasteiger partial charge in [-0.1, -0.05) is 13.8 Å². The van der Waals surface area contributed by atoms with Gasteiger partial charge < -0.3 is 15.0 Å². The van der Waals surface area contributed by atoms with Gasteiger partial charge in [-0.15, -0.1) is 35.3 Å². The highest BCUT2D eigenvalue weighted by Gasteiger charge is 2.25. The Morgan fingerprint density at radius 3 is 2.93 bits per heavy atom. The summed E-state index contributed by atoms with van der Waals surface area (Å²) in [7, 11) is 3.75. The Kier molecular flexibility index (Phi) is 8.49. The van der Waals surface area contributed by atoms with Gasteiger partial charge in [0, 0.05) is 49.9 Å². The van der Waals surface area contributed by atoms with E-state index in [1.165, 1.54) is 9.88 Å². The van der Waals surface area contributed by atoms with E-state index in [0.29, 0.717) is 12.5 Å². The maximum absolute atomic E-state index is 5.92. The number of nitrogens with zero attached hydrogens (tertiary/aromatic N) is 5. The summed E-state index contributed by atoms with van der Waals surface area (Å²) in [4.78, 5) is 12.5. The van der Waals surface area contributed by atoms with Crippen molar-refractivity contribution in [1.82, 2.24) is 25.0 Å². The van der Waals surface area contributed by atoms with E-state index in [4.69, 9.17) is 4.74 Å². The molecule has 7 nitrogen and oxygen atoms in total. The average molecular weight is 504 g/mol. The third-order valence-corrected chi connectivity index (χ3v) is 5.30. The first kappa shape index (κ1) is 22.1. The lowest BCUT2D eigenvalue weighted by atomic mass is 10.1. The lowest BCUT2D eigenvalue weighted by Gasteiger charge is -2.34. The second-order valence-electron chi connectivity index (χ2n) is 6.97. The van der Waals surface area contributed by atoms with E-state index in [9.17, 15) is 0 Å². The molecule has 3 heterocycles. The van der Waals surface area contributed by atoms with Crippen LogP contribution in [0.4, 0.5) is 0 Å². The number of ether oxygens (including phenoxy) is 1. The summed E-state index contributed by atoms with van der Waals surface area (Å²) in [5.74, 6) is 1.54. The number of hydrogen-bond acceptors (Lipinski definition) is 5. The quantitative estimate of drug-likeness (QED) is 0.386. The maximum Gasteiger partial charge on any atom is 0.194 e. The van der Waals surface area contributed by atoms with Crippen molar-refractivity contribution >= 4 is 41.3 Å². The normalized spacial score (nSPS) is 17.9. The van der Waals surface area contributed by atoms with Crippen LogP contribution in [0.5, 0.6) is 0 Å². The summed E-state index contributed by atoms with van der Waals surface area (Å²) in [6.07, 6.45) is 6.92. The number of rotatable bonds is 5. The van der Waals surface area contributed by atoms with Gasteiger partial charge >= 0.3 is 0 Å². The summed E-state index contributed by atoms with van der Waals surface area (Å²) < 4.78 is 7.73. The van der Waals surface area contributed by atoms with E-state index in [1.54, 1.807) is 11.3 Å². The second-order valence-corrected chi connectivity index (χ2v) is 8.17. The van der Waals surface area contributed by atoms with Crippen molar-refractivity contribution in [3.05, 3.63) is 34.0 Å². The van der Waals surface area contributed by atoms with Crippen molar-refractivity contribution in [3.8, 4) is 0 Å². The Labute approximate surface area is 182 Å². The van der Waals surface area contributed by atoms with Crippen molar-refractivity contribution in [2.75, 3.05) is 26.7 Å². The number of aliphatic imine (C=N–C) groups is 1. The number of morpholine rings is 1.